The van der Waals surface area contributed by atoms with Crippen molar-refractivity contribution in [3.8, 4) is 0 Å². The van der Waals surface area contributed by atoms with Crippen molar-refractivity contribution >= 4 is 23.0 Å². The summed E-state index contributed by atoms with van der Waals surface area (Å²) in [5.41, 5.74) is 1.68. The number of para-hydroxylation sites is 2. The van der Waals surface area contributed by atoms with Crippen LogP contribution in [-0.4, -0.2) is 28.5 Å². The van der Waals surface area contributed by atoms with Crippen molar-refractivity contribution in [3.63, 3.8) is 0 Å². The number of urea groups is 1. The van der Waals surface area contributed by atoms with Gasteiger partial charge >= 0.3 is 6.03 Å². The van der Waals surface area contributed by atoms with Crippen molar-refractivity contribution < 1.29 is 9.59 Å². The highest BCUT2D eigenvalue weighted by molar-refractivity contribution is 5.96. The minimum absolute atomic E-state index is 0.377. The first-order valence-electron chi connectivity index (χ1n) is 5.57. The van der Waals surface area contributed by atoms with Crippen molar-refractivity contribution in [2.24, 2.45) is 0 Å². The SMILES string of the molecule is CNC(=O)NC(=O)C(C)n1cnc2ccccc21. The molecule has 1 heterocycles. The molecule has 0 spiro atoms. The van der Waals surface area contributed by atoms with E-state index in [0.29, 0.717) is 0 Å². The van der Waals surface area contributed by atoms with Crippen LogP contribution in [0.15, 0.2) is 30.6 Å². The van der Waals surface area contributed by atoms with Crippen LogP contribution in [0.1, 0.15) is 13.0 Å². The fraction of sp³-hybridized carbons (Fsp3) is 0.250. The van der Waals surface area contributed by atoms with Gasteiger partial charge in [0.2, 0.25) is 0 Å². The van der Waals surface area contributed by atoms with E-state index in [1.807, 2.05) is 24.3 Å². The van der Waals surface area contributed by atoms with Gasteiger partial charge in [0.15, 0.2) is 0 Å². The number of carbonyl (C=O) groups excluding carboxylic acids is 2. The second-order valence-electron chi connectivity index (χ2n) is 3.88. The number of amides is 3. The summed E-state index contributed by atoms with van der Waals surface area (Å²) < 4.78 is 1.73. The first-order valence-corrected chi connectivity index (χ1v) is 5.57. The third kappa shape index (κ3) is 2.17. The summed E-state index contributed by atoms with van der Waals surface area (Å²) >= 11 is 0. The molecule has 1 unspecified atom stereocenters. The summed E-state index contributed by atoms with van der Waals surface area (Å²) in [5.74, 6) is -0.377. The predicted molar refractivity (Wildman–Crippen MR) is 67.0 cm³/mol. The molecule has 0 saturated heterocycles. The van der Waals surface area contributed by atoms with Gasteiger partial charge in [0.05, 0.1) is 17.4 Å². The molecule has 0 aliphatic rings. The standard InChI is InChI=1S/C12H14N4O2/c1-8(11(17)15-12(18)13-2)16-7-14-9-5-3-4-6-10(9)16/h3-8H,1-2H3,(H2,13,15,17,18). The number of hydrogen-bond donors (Lipinski definition) is 2. The molecule has 0 saturated carbocycles. The molecule has 0 aliphatic heterocycles. The average Bonchev–Trinajstić information content (AvgIpc) is 2.81. The van der Waals surface area contributed by atoms with Crippen LogP contribution in [0.2, 0.25) is 0 Å². The molecule has 1 atom stereocenters. The maximum absolute atomic E-state index is 11.8. The summed E-state index contributed by atoms with van der Waals surface area (Å²) in [4.78, 5) is 27.1. The van der Waals surface area contributed by atoms with Crippen LogP contribution in [0.5, 0.6) is 0 Å². The van der Waals surface area contributed by atoms with Gasteiger partial charge in [0.25, 0.3) is 5.91 Å². The summed E-state index contributed by atoms with van der Waals surface area (Å²) in [7, 11) is 1.46. The number of aromatic nitrogens is 2. The largest absolute Gasteiger partial charge is 0.341 e. The van der Waals surface area contributed by atoms with Crippen LogP contribution >= 0.6 is 0 Å². The number of carbonyl (C=O) groups is 2. The number of imidazole rings is 1. The second kappa shape index (κ2) is 4.87. The van der Waals surface area contributed by atoms with Crippen molar-refractivity contribution in [2.45, 2.75) is 13.0 Å². The number of imide groups is 1. The number of nitrogens with one attached hydrogen (secondary N) is 2. The Balaban J connectivity index is 2.25. The Bertz CT molecular complexity index is 591. The van der Waals surface area contributed by atoms with Crippen LogP contribution in [0.4, 0.5) is 4.79 Å². The monoisotopic (exact) mass is 246 g/mol. The van der Waals surface area contributed by atoms with Gasteiger partial charge < -0.3 is 9.88 Å². The van der Waals surface area contributed by atoms with Crippen LogP contribution in [0, 0.1) is 0 Å². The molecule has 2 rings (SSSR count). The number of fused-ring (bicyclic) bond motifs is 1. The van der Waals surface area contributed by atoms with Crippen molar-refractivity contribution in [3.05, 3.63) is 30.6 Å². The highest BCUT2D eigenvalue weighted by Gasteiger charge is 2.18. The molecule has 18 heavy (non-hydrogen) atoms. The van der Waals surface area contributed by atoms with E-state index < -0.39 is 12.1 Å². The molecule has 3 amide bonds. The minimum atomic E-state index is -0.517. The van der Waals surface area contributed by atoms with Gasteiger partial charge in [0, 0.05) is 7.05 Å². The number of nitrogens with zero attached hydrogens (tertiary/aromatic N) is 2. The van der Waals surface area contributed by atoms with Crippen molar-refractivity contribution in [1.29, 1.82) is 0 Å². The van der Waals surface area contributed by atoms with E-state index in [0.717, 1.165) is 11.0 Å². The summed E-state index contributed by atoms with van der Waals surface area (Å²) in [5, 5.41) is 4.58. The van der Waals surface area contributed by atoms with Gasteiger partial charge in [-0.1, -0.05) is 12.1 Å². The third-order valence-electron chi connectivity index (χ3n) is 2.74. The normalized spacial score (nSPS) is 12.1. The Hall–Kier alpha value is -2.37. The molecule has 0 radical (unpaired) electrons. The Morgan fingerprint density at radius 2 is 2.06 bits per heavy atom. The van der Waals surface area contributed by atoms with Crippen molar-refractivity contribution in [1.82, 2.24) is 20.2 Å². The molecule has 0 fully saturated rings. The fourth-order valence-corrected chi connectivity index (χ4v) is 1.69. The Kier molecular flexibility index (Phi) is 3.27. The third-order valence-corrected chi connectivity index (χ3v) is 2.74. The van der Waals surface area contributed by atoms with E-state index >= 15 is 0 Å². The fourth-order valence-electron chi connectivity index (χ4n) is 1.69. The van der Waals surface area contributed by atoms with Crippen LogP contribution in [0.25, 0.3) is 11.0 Å². The highest BCUT2D eigenvalue weighted by atomic mass is 16.2. The Morgan fingerprint density at radius 1 is 1.33 bits per heavy atom. The predicted octanol–water partition coefficient (Wildman–Crippen LogP) is 1.05. The maximum Gasteiger partial charge on any atom is 0.321 e. The zero-order chi connectivity index (χ0) is 13.1. The van der Waals surface area contributed by atoms with Gasteiger partial charge in [-0.3, -0.25) is 10.1 Å². The van der Waals surface area contributed by atoms with Crippen molar-refractivity contribution in [2.75, 3.05) is 7.05 Å². The zero-order valence-electron chi connectivity index (χ0n) is 10.2. The van der Waals surface area contributed by atoms with E-state index in [1.165, 1.54) is 7.05 Å². The van der Waals surface area contributed by atoms with E-state index in [1.54, 1.807) is 17.8 Å². The van der Waals surface area contributed by atoms with Gasteiger partial charge in [-0.15, -0.1) is 0 Å². The molecule has 1 aromatic carbocycles. The smallest absolute Gasteiger partial charge is 0.321 e. The summed E-state index contributed by atoms with van der Waals surface area (Å²) in [6.07, 6.45) is 1.60. The molecule has 94 valence electrons. The number of rotatable bonds is 2. The van der Waals surface area contributed by atoms with Crippen LogP contribution < -0.4 is 10.6 Å². The van der Waals surface area contributed by atoms with E-state index in [-0.39, 0.29) is 5.91 Å². The van der Waals surface area contributed by atoms with Crippen LogP contribution in [0.3, 0.4) is 0 Å². The summed E-state index contributed by atoms with van der Waals surface area (Å²) in [6.45, 7) is 1.71. The minimum Gasteiger partial charge on any atom is -0.341 e. The molecular formula is C12H14N4O2. The molecule has 6 heteroatoms. The first kappa shape index (κ1) is 12.1. The topological polar surface area (TPSA) is 76.0 Å². The van der Waals surface area contributed by atoms with Gasteiger partial charge in [-0.25, -0.2) is 9.78 Å². The molecule has 0 bridgehead atoms. The average molecular weight is 246 g/mol. The number of hydrogen-bond acceptors (Lipinski definition) is 3. The Labute approximate surface area is 104 Å². The second-order valence-corrected chi connectivity index (χ2v) is 3.88. The lowest BCUT2D eigenvalue weighted by molar-refractivity contribution is -0.122. The lowest BCUT2D eigenvalue weighted by Gasteiger charge is -2.13. The molecule has 1 aromatic heterocycles. The molecular weight excluding hydrogens is 232 g/mol. The Morgan fingerprint density at radius 3 is 2.78 bits per heavy atom. The molecule has 2 aromatic rings. The first-order chi connectivity index (χ1) is 8.63. The molecule has 0 aliphatic carbocycles. The quantitative estimate of drug-likeness (QED) is 0.831. The van der Waals surface area contributed by atoms with Gasteiger partial charge in [-0.05, 0) is 19.1 Å². The summed E-state index contributed by atoms with van der Waals surface area (Å²) in [6, 6.07) is 6.49. The lowest BCUT2D eigenvalue weighted by Crippen LogP contribution is -2.40. The lowest BCUT2D eigenvalue weighted by atomic mass is 10.2. The van der Waals surface area contributed by atoms with Crippen LogP contribution in [-0.2, 0) is 4.79 Å². The zero-order valence-corrected chi connectivity index (χ0v) is 10.2. The molecule has 2 N–H and O–H groups in total. The highest BCUT2D eigenvalue weighted by Crippen LogP contribution is 2.17. The van der Waals surface area contributed by atoms with Gasteiger partial charge in [0.1, 0.15) is 6.04 Å². The molecule has 6 nitrogen and oxygen atoms in total. The van der Waals surface area contributed by atoms with E-state index in [4.69, 9.17) is 0 Å². The maximum atomic E-state index is 11.8. The van der Waals surface area contributed by atoms with Gasteiger partial charge in [-0.2, -0.15) is 0 Å². The number of benzene rings is 1. The van der Waals surface area contributed by atoms with E-state index in [2.05, 4.69) is 15.6 Å². The van der Waals surface area contributed by atoms with E-state index in [9.17, 15) is 9.59 Å².